The molecule has 0 aromatic carbocycles. The Morgan fingerprint density at radius 3 is 2.31 bits per heavy atom. The first-order chi connectivity index (χ1) is 7.61. The topological polar surface area (TPSA) is 17.1 Å². The van der Waals surface area contributed by atoms with E-state index in [1.165, 1.54) is 5.57 Å². The molecule has 3 aliphatic rings. The third-order valence-electron chi connectivity index (χ3n) is 4.60. The maximum absolute atomic E-state index is 12.0. The molecule has 3 fully saturated rings. The van der Waals surface area contributed by atoms with Gasteiger partial charge in [0.1, 0.15) is 10.3 Å². The van der Waals surface area contributed by atoms with Crippen molar-refractivity contribution in [3.05, 3.63) is 22.2 Å². The number of ketones is 1. The molecular weight excluding hydrogens is 243 g/mol. The normalized spacial score (nSPS) is 41.5. The molecule has 0 spiro atoms. The number of hydrogen-bond donors (Lipinski definition) is 0. The van der Waals surface area contributed by atoms with Gasteiger partial charge in [0.05, 0.1) is 0 Å². The van der Waals surface area contributed by atoms with Crippen LogP contribution in [-0.2, 0) is 4.79 Å². The van der Waals surface area contributed by atoms with Gasteiger partial charge in [-0.15, -0.1) is 0 Å². The van der Waals surface area contributed by atoms with Crippen molar-refractivity contribution in [2.24, 2.45) is 23.7 Å². The first kappa shape index (κ1) is 10.9. The maximum Gasteiger partial charge on any atom is 0.137 e. The van der Waals surface area contributed by atoms with Crippen LogP contribution < -0.4 is 0 Å². The van der Waals surface area contributed by atoms with Crippen LogP contribution in [0, 0.1) is 23.7 Å². The molecule has 0 radical (unpaired) electrons. The van der Waals surface area contributed by atoms with E-state index < -0.39 is 0 Å². The number of Topliss-reactive ketones (excluding diaryl/α,β-unsaturated/α-hetero) is 1. The molecule has 0 amide bonds. The summed E-state index contributed by atoms with van der Waals surface area (Å²) >= 11 is 12.0. The number of halogens is 2. The molecule has 3 saturated carbocycles. The number of hydrogen-bond acceptors (Lipinski definition) is 1. The Kier molecular flexibility index (Phi) is 2.45. The van der Waals surface area contributed by atoms with Gasteiger partial charge in [0.15, 0.2) is 0 Å². The van der Waals surface area contributed by atoms with Gasteiger partial charge in [-0.1, -0.05) is 35.4 Å². The third-order valence-corrected chi connectivity index (χ3v) is 5.03. The van der Waals surface area contributed by atoms with Gasteiger partial charge < -0.3 is 0 Å². The highest BCUT2D eigenvalue weighted by Gasteiger charge is 2.56. The second kappa shape index (κ2) is 3.61. The van der Waals surface area contributed by atoms with Crippen molar-refractivity contribution in [3.63, 3.8) is 0 Å². The minimum absolute atomic E-state index is 0.141. The number of carbonyl (C=O) groups excluding carboxylic acids is 1. The molecule has 2 bridgehead atoms. The third kappa shape index (κ3) is 1.28. The maximum atomic E-state index is 12.0. The van der Waals surface area contributed by atoms with E-state index in [0.29, 0.717) is 34.4 Å². The van der Waals surface area contributed by atoms with Gasteiger partial charge in [0.2, 0.25) is 0 Å². The Morgan fingerprint density at radius 2 is 1.75 bits per heavy atom. The Morgan fingerprint density at radius 1 is 1.12 bits per heavy atom. The van der Waals surface area contributed by atoms with Gasteiger partial charge in [-0.2, -0.15) is 0 Å². The van der Waals surface area contributed by atoms with Gasteiger partial charge in [0, 0.05) is 12.3 Å². The van der Waals surface area contributed by atoms with Gasteiger partial charge >= 0.3 is 0 Å². The minimum Gasteiger partial charge on any atom is -0.299 e. The van der Waals surface area contributed by atoms with Crippen LogP contribution in [0.15, 0.2) is 22.2 Å². The predicted octanol–water partition coefficient (Wildman–Crippen LogP) is 3.87. The molecule has 0 N–H and O–H groups in total. The van der Waals surface area contributed by atoms with Crippen molar-refractivity contribution in [2.45, 2.75) is 25.7 Å². The lowest BCUT2D eigenvalue weighted by Crippen LogP contribution is -2.34. The van der Waals surface area contributed by atoms with E-state index in [-0.39, 0.29) is 5.92 Å². The fraction of sp³-hybridized carbons (Fsp3) is 0.615. The summed E-state index contributed by atoms with van der Waals surface area (Å²) in [4.78, 5) is 12.0. The monoisotopic (exact) mass is 256 g/mol. The summed E-state index contributed by atoms with van der Waals surface area (Å²) in [7, 11) is 0. The van der Waals surface area contributed by atoms with E-state index in [1.54, 1.807) is 0 Å². The lowest BCUT2D eigenvalue weighted by Gasteiger charge is -2.34. The van der Waals surface area contributed by atoms with E-state index in [0.717, 1.165) is 24.8 Å². The summed E-state index contributed by atoms with van der Waals surface area (Å²) in [6, 6.07) is 0. The zero-order valence-corrected chi connectivity index (χ0v) is 10.5. The van der Waals surface area contributed by atoms with Gasteiger partial charge in [0.25, 0.3) is 0 Å². The van der Waals surface area contributed by atoms with E-state index in [9.17, 15) is 4.79 Å². The fourth-order valence-electron chi connectivity index (χ4n) is 4.05. The van der Waals surface area contributed by atoms with Crippen molar-refractivity contribution in [1.29, 1.82) is 0 Å². The van der Waals surface area contributed by atoms with Gasteiger partial charge in [-0.3, -0.25) is 4.79 Å². The largest absolute Gasteiger partial charge is 0.299 e. The first-order valence-electron chi connectivity index (χ1n) is 5.86. The van der Waals surface area contributed by atoms with Crippen LogP contribution >= 0.6 is 23.2 Å². The molecule has 16 heavy (non-hydrogen) atoms. The molecule has 1 nitrogen and oxygen atoms in total. The van der Waals surface area contributed by atoms with E-state index in [2.05, 4.69) is 6.58 Å². The van der Waals surface area contributed by atoms with Crippen molar-refractivity contribution in [2.75, 3.05) is 0 Å². The molecule has 0 aromatic heterocycles. The summed E-state index contributed by atoms with van der Waals surface area (Å²) in [5.41, 5.74) is 2.39. The molecule has 0 heterocycles. The summed E-state index contributed by atoms with van der Waals surface area (Å²) in [6.45, 7) is 4.14. The quantitative estimate of drug-likeness (QED) is 0.602. The molecule has 0 saturated heterocycles. The van der Waals surface area contributed by atoms with Gasteiger partial charge in [-0.25, -0.2) is 0 Å². The highest BCUT2D eigenvalue weighted by molar-refractivity contribution is 6.56. The number of carbonyl (C=O) groups is 1. The molecule has 4 unspecified atom stereocenters. The van der Waals surface area contributed by atoms with Crippen LogP contribution in [-0.4, -0.2) is 5.78 Å². The van der Waals surface area contributed by atoms with Crippen molar-refractivity contribution in [3.8, 4) is 0 Å². The minimum atomic E-state index is 0.141. The Balaban J connectivity index is 2.08. The lowest BCUT2D eigenvalue weighted by atomic mass is 9.68. The average Bonchev–Trinajstić information content (AvgIpc) is 2.79. The Hall–Kier alpha value is -0.270. The summed E-state index contributed by atoms with van der Waals surface area (Å²) in [6.07, 6.45) is 3.71. The molecule has 3 heteroatoms. The predicted molar refractivity (Wildman–Crippen MR) is 65.3 cm³/mol. The standard InChI is InChI=1S/C13H14Cl2O/c1-6-2-5-9(16)12-8-4-3-7(10(6)12)11(8)13(14)15/h7-8,10,12H,1-5H2. The molecule has 86 valence electrons. The van der Waals surface area contributed by atoms with Crippen molar-refractivity contribution < 1.29 is 4.79 Å². The number of rotatable bonds is 0. The Labute approximate surface area is 105 Å². The summed E-state index contributed by atoms with van der Waals surface area (Å²) in [5, 5.41) is 0. The SMILES string of the molecule is C=C1CCC(=O)C2C3CCC(C3=C(Cl)Cl)C12. The molecule has 0 aliphatic heterocycles. The summed E-state index contributed by atoms with van der Waals surface area (Å²) < 4.78 is 0.405. The number of allylic oxidation sites excluding steroid dienone is 2. The second-order valence-electron chi connectivity index (χ2n) is 5.18. The molecule has 0 aromatic rings. The summed E-state index contributed by atoms with van der Waals surface area (Å²) in [5.74, 6) is 1.59. The molecule has 3 aliphatic carbocycles. The highest BCUT2D eigenvalue weighted by Crippen LogP contribution is 2.61. The van der Waals surface area contributed by atoms with Crippen LogP contribution in [0.25, 0.3) is 0 Å². The van der Waals surface area contributed by atoms with Crippen LogP contribution in [0.3, 0.4) is 0 Å². The van der Waals surface area contributed by atoms with Gasteiger partial charge in [-0.05, 0) is 42.6 Å². The second-order valence-corrected chi connectivity index (χ2v) is 6.13. The Bertz CT molecular complexity index is 374. The highest BCUT2D eigenvalue weighted by atomic mass is 35.5. The van der Waals surface area contributed by atoms with Crippen LogP contribution in [0.4, 0.5) is 0 Å². The first-order valence-corrected chi connectivity index (χ1v) is 6.62. The zero-order valence-electron chi connectivity index (χ0n) is 9.01. The smallest absolute Gasteiger partial charge is 0.137 e. The molecule has 4 atom stereocenters. The van der Waals surface area contributed by atoms with E-state index in [4.69, 9.17) is 23.2 Å². The van der Waals surface area contributed by atoms with Crippen LogP contribution in [0.1, 0.15) is 25.7 Å². The lowest BCUT2D eigenvalue weighted by molar-refractivity contribution is -0.126. The average molecular weight is 257 g/mol. The van der Waals surface area contributed by atoms with E-state index >= 15 is 0 Å². The van der Waals surface area contributed by atoms with Crippen molar-refractivity contribution >= 4 is 29.0 Å². The zero-order chi connectivity index (χ0) is 11.4. The molecule has 3 rings (SSSR count). The van der Waals surface area contributed by atoms with Crippen LogP contribution in [0.2, 0.25) is 0 Å². The fourth-order valence-corrected chi connectivity index (χ4v) is 4.61. The number of fused-ring (bicyclic) bond motifs is 5. The van der Waals surface area contributed by atoms with E-state index in [1.807, 2.05) is 0 Å². The van der Waals surface area contributed by atoms with Crippen LogP contribution in [0.5, 0.6) is 0 Å². The van der Waals surface area contributed by atoms with Crippen molar-refractivity contribution in [1.82, 2.24) is 0 Å². The molecular formula is C13H14Cl2O.